The largest absolute Gasteiger partial charge is 0.465 e. The Bertz CT molecular complexity index is 457. The molecule has 0 bridgehead atoms. The van der Waals surface area contributed by atoms with Crippen molar-refractivity contribution in [1.29, 1.82) is 0 Å². The van der Waals surface area contributed by atoms with Gasteiger partial charge in [-0.3, -0.25) is 0 Å². The molecule has 1 aromatic rings. The highest BCUT2D eigenvalue weighted by molar-refractivity contribution is 5.49. The van der Waals surface area contributed by atoms with Crippen molar-refractivity contribution < 1.29 is 14.3 Å². The molecule has 2 unspecified atom stereocenters. The summed E-state index contributed by atoms with van der Waals surface area (Å²) in [6.07, 6.45) is 2.06. The van der Waals surface area contributed by atoms with Crippen LogP contribution in [0.25, 0.3) is 0 Å². The molecule has 0 saturated heterocycles. The van der Waals surface area contributed by atoms with Gasteiger partial charge in [-0.05, 0) is 48.3 Å². The number of ether oxygens (including phenoxy) is 2. The molecule has 0 heterocycles. The molecule has 0 fully saturated rings. The minimum atomic E-state index is -0.351. The van der Waals surface area contributed by atoms with Crippen LogP contribution in [-0.2, 0) is 9.53 Å². The van der Waals surface area contributed by atoms with Crippen molar-refractivity contribution in [2.24, 2.45) is 11.3 Å². The van der Waals surface area contributed by atoms with E-state index < -0.39 is 0 Å². The summed E-state index contributed by atoms with van der Waals surface area (Å²) in [5.41, 5.74) is 1.67. The summed E-state index contributed by atoms with van der Waals surface area (Å²) >= 11 is 0. The predicted octanol–water partition coefficient (Wildman–Crippen LogP) is 5.19. The van der Waals surface area contributed by atoms with Crippen LogP contribution in [0.5, 0.6) is 5.75 Å². The summed E-state index contributed by atoms with van der Waals surface area (Å²) in [6, 6.07) is 8.33. The van der Waals surface area contributed by atoms with E-state index in [4.69, 9.17) is 9.47 Å². The molecule has 0 aromatic heterocycles. The van der Waals surface area contributed by atoms with Crippen LogP contribution in [0.2, 0.25) is 0 Å². The molecule has 0 spiro atoms. The Morgan fingerprint density at radius 3 is 2.17 bits per heavy atom. The van der Waals surface area contributed by atoms with E-state index in [1.54, 1.807) is 0 Å². The topological polar surface area (TPSA) is 35.5 Å². The third kappa shape index (κ3) is 7.65. The monoisotopic (exact) mass is 320 g/mol. The van der Waals surface area contributed by atoms with Gasteiger partial charge >= 0.3 is 0 Å². The Labute approximate surface area is 141 Å². The first-order valence-corrected chi connectivity index (χ1v) is 8.55. The number of hydrogen-bond donors (Lipinski definition) is 0. The number of rotatable bonds is 9. The summed E-state index contributed by atoms with van der Waals surface area (Å²) < 4.78 is 11.1. The van der Waals surface area contributed by atoms with Gasteiger partial charge in [0.25, 0.3) is 0 Å². The highest BCUT2D eigenvalue weighted by Gasteiger charge is 2.23. The third-order valence-electron chi connectivity index (χ3n) is 3.84. The van der Waals surface area contributed by atoms with Crippen LogP contribution >= 0.6 is 0 Å². The standard InChI is InChI=1S/C20H32O3/c1-15(2)19(14-20(4,5)6)17-8-10-18(11-9-17)23-16(3)22-13-7-12-21/h8-12,15-16,19H,7,13-14H2,1-6H3. The summed E-state index contributed by atoms with van der Waals surface area (Å²) in [4.78, 5) is 10.3. The van der Waals surface area contributed by atoms with Gasteiger partial charge in [0.1, 0.15) is 12.0 Å². The van der Waals surface area contributed by atoms with Crippen molar-refractivity contribution in [3.8, 4) is 5.75 Å². The van der Waals surface area contributed by atoms with Crippen molar-refractivity contribution in [2.75, 3.05) is 6.61 Å². The van der Waals surface area contributed by atoms with Gasteiger partial charge in [0, 0.05) is 6.42 Å². The average molecular weight is 320 g/mol. The highest BCUT2D eigenvalue weighted by Crippen LogP contribution is 2.36. The van der Waals surface area contributed by atoms with E-state index in [0.717, 1.165) is 18.5 Å². The highest BCUT2D eigenvalue weighted by atomic mass is 16.7. The second kappa shape index (κ2) is 9.07. The lowest BCUT2D eigenvalue weighted by atomic mass is 9.76. The van der Waals surface area contributed by atoms with E-state index in [1.807, 2.05) is 19.1 Å². The molecule has 3 heteroatoms. The zero-order valence-electron chi connectivity index (χ0n) is 15.5. The van der Waals surface area contributed by atoms with Gasteiger partial charge in [-0.1, -0.05) is 46.8 Å². The summed E-state index contributed by atoms with van der Waals surface area (Å²) in [7, 11) is 0. The molecule has 3 nitrogen and oxygen atoms in total. The minimum Gasteiger partial charge on any atom is -0.465 e. The van der Waals surface area contributed by atoms with E-state index in [-0.39, 0.29) is 6.29 Å². The third-order valence-corrected chi connectivity index (χ3v) is 3.84. The quantitative estimate of drug-likeness (QED) is 0.357. The molecular weight excluding hydrogens is 288 g/mol. The molecule has 0 aliphatic carbocycles. The van der Waals surface area contributed by atoms with E-state index in [0.29, 0.717) is 30.3 Å². The molecule has 0 N–H and O–H groups in total. The molecule has 0 amide bonds. The number of carbonyl (C=O) groups is 1. The van der Waals surface area contributed by atoms with Crippen LogP contribution in [0.3, 0.4) is 0 Å². The zero-order valence-corrected chi connectivity index (χ0v) is 15.5. The lowest BCUT2D eigenvalue weighted by molar-refractivity contribution is -0.111. The van der Waals surface area contributed by atoms with E-state index in [1.165, 1.54) is 5.56 Å². The fourth-order valence-corrected chi connectivity index (χ4v) is 2.70. The lowest BCUT2D eigenvalue weighted by Crippen LogP contribution is -2.18. The van der Waals surface area contributed by atoms with E-state index >= 15 is 0 Å². The van der Waals surface area contributed by atoms with Gasteiger partial charge in [-0.2, -0.15) is 0 Å². The first kappa shape index (κ1) is 19.7. The molecule has 0 radical (unpaired) electrons. The van der Waals surface area contributed by atoms with Crippen LogP contribution < -0.4 is 4.74 Å². The van der Waals surface area contributed by atoms with Gasteiger partial charge in [0.15, 0.2) is 6.29 Å². The number of carbonyl (C=O) groups excluding carboxylic acids is 1. The lowest BCUT2D eigenvalue weighted by Gasteiger charge is -2.29. The molecule has 23 heavy (non-hydrogen) atoms. The van der Waals surface area contributed by atoms with E-state index in [2.05, 4.69) is 46.8 Å². The Morgan fingerprint density at radius 2 is 1.70 bits per heavy atom. The minimum absolute atomic E-state index is 0.311. The molecule has 1 aromatic carbocycles. The zero-order chi connectivity index (χ0) is 17.5. The molecule has 0 aliphatic heterocycles. The smallest absolute Gasteiger partial charge is 0.196 e. The second-order valence-electron chi connectivity index (χ2n) is 7.70. The SMILES string of the molecule is CC(OCCC=O)Oc1ccc(C(CC(C)(C)C)C(C)C)cc1. The summed E-state index contributed by atoms with van der Waals surface area (Å²) in [5, 5.41) is 0. The number of benzene rings is 1. The first-order valence-electron chi connectivity index (χ1n) is 8.55. The summed E-state index contributed by atoms with van der Waals surface area (Å²) in [6.45, 7) is 13.7. The normalized spacial score (nSPS) is 14.6. The maximum Gasteiger partial charge on any atom is 0.196 e. The van der Waals surface area contributed by atoms with Gasteiger partial charge in [-0.15, -0.1) is 0 Å². The molecule has 1 rings (SSSR count). The van der Waals surface area contributed by atoms with Crippen LogP contribution in [0.1, 0.15) is 65.9 Å². The van der Waals surface area contributed by atoms with Crippen molar-refractivity contribution in [2.45, 2.75) is 66.6 Å². The molecular formula is C20H32O3. The van der Waals surface area contributed by atoms with Crippen LogP contribution in [0, 0.1) is 11.3 Å². The Hall–Kier alpha value is -1.35. The van der Waals surface area contributed by atoms with Crippen LogP contribution in [0.4, 0.5) is 0 Å². The maximum atomic E-state index is 10.3. The van der Waals surface area contributed by atoms with Gasteiger partial charge < -0.3 is 14.3 Å². The van der Waals surface area contributed by atoms with Gasteiger partial charge in [0.2, 0.25) is 0 Å². The van der Waals surface area contributed by atoms with Crippen molar-refractivity contribution in [3.63, 3.8) is 0 Å². The Morgan fingerprint density at radius 1 is 1.09 bits per heavy atom. The predicted molar refractivity (Wildman–Crippen MR) is 94.8 cm³/mol. The average Bonchev–Trinajstić information content (AvgIpc) is 2.45. The van der Waals surface area contributed by atoms with E-state index in [9.17, 15) is 4.79 Å². The maximum absolute atomic E-state index is 10.3. The molecule has 2 atom stereocenters. The van der Waals surface area contributed by atoms with Gasteiger partial charge in [0.05, 0.1) is 6.61 Å². The van der Waals surface area contributed by atoms with Crippen molar-refractivity contribution >= 4 is 6.29 Å². The van der Waals surface area contributed by atoms with Crippen LogP contribution in [0.15, 0.2) is 24.3 Å². The van der Waals surface area contributed by atoms with Crippen LogP contribution in [-0.4, -0.2) is 19.2 Å². The van der Waals surface area contributed by atoms with Crippen molar-refractivity contribution in [3.05, 3.63) is 29.8 Å². The summed E-state index contributed by atoms with van der Waals surface area (Å²) in [5.74, 6) is 1.95. The number of hydrogen-bond acceptors (Lipinski definition) is 3. The Kier molecular flexibility index (Phi) is 7.77. The van der Waals surface area contributed by atoms with Gasteiger partial charge in [-0.25, -0.2) is 0 Å². The second-order valence-corrected chi connectivity index (χ2v) is 7.70. The first-order chi connectivity index (χ1) is 10.7. The van der Waals surface area contributed by atoms with Crippen molar-refractivity contribution in [1.82, 2.24) is 0 Å². The molecule has 0 saturated carbocycles. The fraction of sp³-hybridized carbons (Fsp3) is 0.650. The fourth-order valence-electron chi connectivity index (χ4n) is 2.70. The molecule has 130 valence electrons. The molecule has 0 aliphatic rings. The Balaban J connectivity index is 2.68. The number of aldehydes is 1.